The number of quaternary nitrogens is 1. The van der Waals surface area contributed by atoms with E-state index in [4.69, 9.17) is 0 Å². The third-order valence-electron chi connectivity index (χ3n) is 4.21. The van der Waals surface area contributed by atoms with Crippen LogP contribution in [0.25, 0.3) is 0 Å². The largest absolute Gasteiger partial charge is 0.355 e. The Balaban J connectivity index is 2.34. The summed E-state index contributed by atoms with van der Waals surface area (Å²) < 4.78 is 27.4. The maximum absolute atomic E-state index is 12.4. The van der Waals surface area contributed by atoms with Gasteiger partial charge in [-0.15, -0.1) is 0 Å². The molecule has 0 amide bonds. The van der Waals surface area contributed by atoms with Crippen LogP contribution in [0.5, 0.6) is 0 Å². The number of benzene rings is 1. The Labute approximate surface area is 149 Å². The van der Waals surface area contributed by atoms with E-state index >= 15 is 0 Å². The van der Waals surface area contributed by atoms with Gasteiger partial charge in [-0.25, -0.2) is 13.1 Å². The van der Waals surface area contributed by atoms with Gasteiger partial charge in [-0.3, -0.25) is 10.1 Å². The van der Waals surface area contributed by atoms with Crippen molar-refractivity contribution in [2.24, 2.45) is 0 Å². The van der Waals surface area contributed by atoms with Gasteiger partial charge in [0, 0.05) is 11.6 Å². The molecule has 0 saturated carbocycles. The van der Waals surface area contributed by atoms with Crippen LogP contribution in [-0.4, -0.2) is 51.6 Å². The van der Waals surface area contributed by atoms with Crippen LogP contribution < -0.4 is 14.5 Å². The molecule has 1 fully saturated rings. The van der Waals surface area contributed by atoms with Gasteiger partial charge < -0.3 is 9.80 Å². The lowest BCUT2D eigenvalue weighted by Crippen LogP contribution is -3.14. The molecule has 1 heterocycles. The Morgan fingerprint density at radius 1 is 1.28 bits per heavy atom. The topological polar surface area (TPSA) is 97.0 Å². The average Bonchev–Trinajstić information content (AvgIpc) is 2.52. The summed E-state index contributed by atoms with van der Waals surface area (Å²) in [6.07, 6.45) is 0. The molecule has 0 bridgehead atoms. The first-order valence-corrected chi connectivity index (χ1v) is 9.93. The number of piperazine rings is 1. The monoisotopic (exact) mass is 371 g/mol. The summed E-state index contributed by atoms with van der Waals surface area (Å²) in [6.45, 7) is 11.6. The van der Waals surface area contributed by atoms with Crippen LogP contribution in [0.4, 0.5) is 11.4 Å². The SMILES string of the molecule is CC[NH+]1CCN(c2ccc(S(=O)(=O)NC(C)(C)C)cc2[N+](=O)[O-])CC1. The van der Waals surface area contributed by atoms with Crippen molar-refractivity contribution in [2.75, 3.05) is 37.6 Å². The van der Waals surface area contributed by atoms with E-state index in [0.29, 0.717) is 5.69 Å². The fraction of sp³-hybridized carbons (Fsp3) is 0.625. The lowest BCUT2D eigenvalue weighted by Gasteiger charge is -2.32. The molecule has 140 valence electrons. The summed E-state index contributed by atoms with van der Waals surface area (Å²) in [6, 6.07) is 4.14. The number of hydrogen-bond acceptors (Lipinski definition) is 5. The molecule has 0 spiro atoms. The third kappa shape index (κ3) is 4.90. The Bertz CT molecular complexity index is 735. The summed E-state index contributed by atoms with van der Waals surface area (Å²) in [5.74, 6) is 0. The van der Waals surface area contributed by atoms with Crippen molar-refractivity contribution in [3.05, 3.63) is 28.3 Å². The second-order valence-corrected chi connectivity index (χ2v) is 9.04. The molecule has 9 heteroatoms. The maximum Gasteiger partial charge on any atom is 0.293 e. The van der Waals surface area contributed by atoms with Gasteiger partial charge in [-0.2, -0.15) is 0 Å². The molecule has 0 unspecified atom stereocenters. The summed E-state index contributed by atoms with van der Waals surface area (Å²) in [5, 5.41) is 11.5. The fourth-order valence-electron chi connectivity index (χ4n) is 2.96. The van der Waals surface area contributed by atoms with Gasteiger partial charge in [-0.1, -0.05) is 0 Å². The fourth-order valence-corrected chi connectivity index (χ4v) is 4.40. The van der Waals surface area contributed by atoms with Crippen LogP contribution in [-0.2, 0) is 10.0 Å². The zero-order chi connectivity index (χ0) is 18.8. The molecule has 1 aliphatic rings. The predicted molar refractivity (Wildman–Crippen MR) is 96.6 cm³/mol. The lowest BCUT2D eigenvalue weighted by atomic mass is 10.1. The van der Waals surface area contributed by atoms with Crippen molar-refractivity contribution in [3.8, 4) is 0 Å². The van der Waals surface area contributed by atoms with E-state index in [9.17, 15) is 18.5 Å². The highest BCUT2D eigenvalue weighted by Crippen LogP contribution is 2.31. The molecule has 2 rings (SSSR count). The van der Waals surface area contributed by atoms with Gasteiger partial charge in [0.05, 0.1) is 42.5 Å². The zero-order valence-electron chi connectivity index (χ0n) is 15.2. The Morgan fingerprint density at radius 3 is 2.36 bits per heavy atom. The van der Waals surface area contributed by atoms with E-state index in [-0.39, 0.29) is 10.6 Å². The van der Waals surface area contributed by atoms with Gasteiger partial charge in [0.2, 0.25) is 10.0 Å². The van der Waals surface area contributed by atoms with Crippen LogP contribution in [0.1, 0.15) is 27.7 Å². The molecule has 1 aromatic rings. The van der Waals surface area contributed by atoms with Crippen LogP contribution >= 0.6 is 0 Å². The van der Waals surface area contributed by atoms with Crippen LogP contribution in [0.2, 0.25) is 0 Å². The molecule has 0 radical (unpaired) electrons. The van der Waals surface area contributed by atoms with Crippen LogP contribution in [0.15, 0.2) is 23.1 Å². The lowest BCUT2D eigenvalue weighted by molar-refractivity contribution is -0.898. The average molecular weight is 371 g/mol. The van der Waals surface area contributed by atoms with E-state index in [1.807, 2.05) is 4.90 Å². The Hall–Kier alpha value is -1.71. The predicted octanol–water partition coefficient (Wildman–Crippen LogP) is 0.396. The first-order valence-electron chi connectivity index (χ1n) is 8.44. The Kier molecular flexibility index (Phi) is 5.70. The number of anilines is 1. The van der Waals surface area contributed by atoms with Gasteiger partial charge in [0.1, 0.15) is 5.69 Å². The second kappa shape index (κ2) is 7.27. The first kappa shape index (κ1) is 19.6. The number of hydrogen-bond donors (Lipinski definition) is 2. The molecule has 1 saturated heterocycles. The molecular weight excluding hydrogens is 344 g/mol. The summed E-state index contributed by atoms with van der Waals surface area (Å²) >= 11 is 0. The van der Waals surface area contributed by atoms with E-state index in [0.717, 1.165) is 38.8 Å². The second-order valence-electron chi connectivity index (χ2n) is 7.35. The zero-order valence-corrected chi connectivity index (χ0v) is 16.0. The molecule has 0 atom stereocenters. The summed E-state index contributed by atoms with van der Waals surface area (Å²) in [5.41, 5.74) is -0.350. The highest BCUT2D eigenvalue weighted by Gasteiger charge is 2.29. The van der Waals surface area contributed by atoms with Gasteiger partial charge in [0.15, 0.2) is 0 Å². The molecular formula is C16H27N4O4S+. The van der Waals surface area contributed by atoms with Crippen molar-refractivity contribution >= 4 is 21.4 Å². The normalized spacial score (nSPS) is 16.9. The van der Waals surface area contributed by atoms with E-state index in [1.54, 1.807) is 26.8 Å². The number of likely N-dealkylation sites (N-methyl/N-ethyl adjacent to an activating group) is 1. The van der Waals surface area contributed by atoms with Crippen molar-refractivity contribution < 1.29 is 18.2 Å². The molecule has 0 aromatic heterocycles. The minimum Gasteiger partial charge on any atom is -0.355 e. The van der Waals surface area contributed by atoms with Gasteiger partial charge in [0.25, 0.3) is 5.69 Å². The van der Waals surface area contributed by atoms with E-state index in [2.05, 4.69) is 11.6 Å². The summed E-state index contributed by atoms with van der Waals surface area (Å²) in [7, 11) is -3.81. The molecule has 8 nitrogen and oxygen atoms in total. The number of sulfonamides is 1. The maximum atomic E-state index is 12.4. The number of nitro groups is 1. The van der Waals surface area contributed by atoms with E-state index < -0.39 is 20.5 Å². The Morgan fingerprint density at radius 2 is 1.88 bits per heavy atom. The molecule has 1 aliphatic heterocycles. The third-order valence-corrected chi connectivity index (χ3v) is 5.96. The smallest absolute Gasteiger partial charge is 0.293 e. The van der Waals surface area contributed by atoms with Crippen molar-refractivity contribution in [1.29, 1.82) is 0 Å². The minimum atomic E-state index is -3.81. The summed E-state index contributed by atoms with van der Waals surface area (Å²) in [4.78, 5) is 14.3. The minimum absolute atomic E-state index is 0.0873. The van der Waals surface area contributed by atoms with Gasteiger partial charge in [-0.05, 0) is 39.8 Å². The standard InChI is InChI=1S/C16H26N4O4S/c1-5-18-8-10-19(11-9-18)14-7-6-13(12-15(14)20(21)22)25(23,24)17-16(2,3)4/h6-7,12,17H,5,8-11H2,1-4H3/p+1. The van der Waals surface area contributed by atoms with Crippen LogP contribution in [0, 0.1) is 10.1 Å². The van der Waals surface area contributed by atoms with E-state index in [1.165, 1.54) is 11.0 Å². The van der Waals surface area contributed by atoms with Crippen molar-refractivity contribution in [1.82, 2.24) is 4.72 Å². The highest BCUT2D eigenvalue weighted by molar-refractivity contribution is 7.89. The number of nitrogens with one attached hydrogen (secondary N) is 2. The number of rotatable bonds is 5. The molecule has 0 aliphatic carbocycles. The van der Waals surface area contributed by atoms with Crippen molar-refractivity contribution in [2.45, 2.75) is 38.1 Å². The molecule has 1 aromatic carbocycles. The molecule has 25 heavy (non-hydrogen) atoms. The van der Waals surface area contributed by atoms with Crippen molar-refractivity contribution in [3.63, 3.8) is 0 Å². The quantitative estimate of drug-likeness (QED) is 0.577. The van der Waals surface area contributed by atoms with Crippen LogP contribution in [0.3, 0.4) is 0 Å². The highest BCUT2D eigenvalue weighted by atomic mass is 32.2. The number of nitrogens with zero attached hydrogens (tertiary/aromatic N) is 2. The molecule has 2 N–H and O–H groups in total. The first-order chi connectivity index (χ1) is 11.5. The van der Waals surface area contributed by atoms with Gasteiger partial charge >= 0.3 is 0 Å². The number of nitro benzene ring substituents is 1.